The molecule has 7 nitrogen and oxygen atoms in total. The Labute approximate surface area is 146 Å². The summed E-state index contributed by atoms with van der Waals surface area (Å²) in [6, 6.07) is 13.1. The molecule has 2 aromatic carbocycles. The average Bonchev–Trinajstić information content (AvgIpc) is 3.23. The predicted molar refractivity (Wildman–Crippen MR) is 86.3 cm³/mol. The van der Waals surface area contributed by atoms with Crippen LogP contribution in [-0.4, -0.2) is 33.0 Å². The Morgan fingerprint density at radius 1 is 1.00 bits per heavy atom. The van der Waals surface area contributed by atoms with Crippen LogP contribution in [0.1, 0.15) is 31.2 Å². The molecule has 0 bridgehead atoms. The Hall–Kier alpha value is -3.81. The molecule has 1 aromatic heterocycles. The van der Waals surface area contributed by atoms with Crippen LogP contribution in [0.15, 0.2) is 54.6 Å². The van der Waals surface area contributed by atoms with E-state index in [1.165, 1.54) is 42.5 Å². The van der Waals surface area contributed by atoms with E-state index < -0.39 is 23.6 Å². The molecule has 0 unspecified atom stereocenters. The van der Waals surface area contributed by atoms with Crippen molar-refractivity contribution in [3.8, 4) is 11.3 Å². The first-order chi connectivity index (χ1) is 12.5. The van der Waals surface area contributed by atoms with Gasteiger partial charge in [-0.3, -0.25) is 14.7 Å². The minimum absolute atomic E-state index is 0.0547. The number of hydrogen-bond donors (Lipinski definition) is 1. The van der Waals surface area contributed by atoms with E-state index in [0.29, 0.717) is 16.3 Å². The molecule has 0 radical (unpaired) electrons. The normalized spacial score (nSPS) is 13.0. The second-order valence-electron chi connectivity index (χ2n) is 5.50. The van der Waals surface area contributed by atoms with Gasteiger partial charge in [0.05, 0.1) is 16.8 Å². The van der Waals surface area contributed by atoms with Crippen LogP contribution in [0.2, 0.25) is 0 Å². The molecule has 2 heterocycles. The molecule has 1 aliphatic heterocycles. The Morgan fingerprint density at radius 2 is 1.62 bits per heavy atom. The number of nitrogens with one attached hydrogen (secondary N) is 1. The van der Waals surface area contributed by atoms with Crippen molar-refractivity contribution in [1.29, 1.82) is 0 Å². The van der Waals surface area contributed by atoms with Crippen molar-refractivity contribution in [2.24, 2.45) is 0 Å². The number of aromatic amines is 1. The lowest BCUT2D eigenvalue weighted by Gasteiger charge is -2.11. The number of hydrogen-bond acceptors (Lipinski definition) is 5. The van der Waals surface area contributed by atoms with Crippen molar-refractivity contribution >= 4 is 17.8 Å². The molecular formula is C18H10FN3O4. The minimum atomic E-state index is -0.944. The number of halogens is 1. The molecule has 3 aromatic rings. The van der Waals surface area contributed by atoms with Gasteiger partial charge in [-0.05, 0) is 42.5 Å². The Balaban J connectivity index is 1.54. The maximum atomic E-state index is 13.0. The summed E-state index contributed by atoms with van der Waals surface area (Å²) in [4.78, 5) is 41.6. The van der Waals surface area contributed by atoms with Gasteiger partial charge in [0, 0.05) is 5.56 Å². The van der Waals surface area contributed by atoms with Gasteiger partial charge in [0.1, 0.15) is 11.5 Å². The zero-order valence-corrected chi connectivity index (χ0v) is 13.1. The number of H-pyrrole nitrogens is 1. The molecule has 2 amide bonds. The highest BCUT2D eigenvalue weighted by molar-refractivity contribution is 6.21. The van der Waals surface area contributed by atoms with Gasteiger partial charge < -0.3 is 4.84 Å². The summed E-state index contributed by atoms with van der Waals surface area (Å²) in [5.41, 5.74) is 1.26. The number of carbonyl (C=O) groups is 3. The fourth-order valence-corrected chi connectivity index (χ4v) is 2.58. The molecule has 4 rings (SSSR count). The number of amides is 2. The van der Waals surface area contributed by atoms with E-state index in [4.69, 9.17) is 4.84 Å². The molecule has 1 N–H and O–H groups in total. The van der Waals surface area contributed by atoms with Crippen LogP contribution in [0.5, 0.6) is 0 Å². The summed E-state index contributed by atoms with van der Waals surface area (Å²) < 4.78 is 13.0. The van der Waals surface area contributed by atoms with Crippen molar-refractivity contribution in [3.63, 3.8) is 0 Å². The predicted octanol–water partition coefficient (Wildman–Crippen LogP) is 2.58. The van der Waals surface area contributed by atoms with Crippen molar-refractivity contribution in [1.82, 2.24) is 15.3 Å². The molecule has 1 aliphatic rings. The van der Waals surface area contributed by atoms with Gasteiger partial charge in [-0.25, -0.2) is 9.18 Å². The molecule has 0 spiro atoms. The van der Waals surface area contributed by atoms with Crippen LogP contribution in [0, 0.1) is 5.82 Å². The molecule has 128 valence electrons. The lowest BCUT2D eigenvalue weighted by molar-refractivity contribution is -0.0588. The van der Waals surface area contributed by atoms with Crippen LogP contribution in [0.4, 0.5) is 4.39 Å². The Bertz CT molecular complexity index is 1010. The minimum Gasteiger partial charge on any atom is -0.323 e. The van der Waals surface area contributed by atoms with E-state index in [2.05, 4.69) is 10.2 Å². The van der Waals surface area contributed by atoms with E-state index in [-0.39, 0.29) is 16.8 Å². The van der Waals surface area contributed by atoms with Crippen molar-refractivity contribution < 1.29 is 23.6 Å². The maximum Gasteiger partial charge on any atom is 0.381 e. The van der Waals surface area contributed by atoms with Gasteiger partial charge >= 0.3 is 5.97 Å². The van der Waals surface area contributed by atoms with E-state index in [1.54, 1.807) is 12.1 Å². The average molecular weight is 351 g/mol. The van der Waals surface area contributed by atoms with Crippen molar-refractivity contribution in [3.05, 3.63) is 77.2 Å². The first-order valence-corrected chi connectivity index (χ1v) is 7.56. The van der Waals surface area contributed by atoms with Gasteiger partial charge in [-0.2, -0.15) is 5.10 Å². The van der Waals surface area contributed by atoms with Crippen molar-refractivity contribution in [2.75, 3.05) is 0 Å². The Morgan fingerprint density at radius 3 is 2.23 bits per heavy atom. The molecule has 8 heteroatoms. The molecule has 0 fully saturated rings. The second-order valence-corrected chi connectivity index (χ2v) is 5.50. The number of benzene rings is 2. The smallest absolute Gasteiger partial charge is 0.323 e. The fraction of sp³-hybridized carbons (Fsp3) is 0. The second kappa shape index (κ2) is 5.92. The highest BCUT2D eigenvalue weighted by Gasteiger charge is 2.39. The van der Waals surface area contributed by atoms with Crippen LogP contribution >= 0.6 is 0 Å². The Kier molecular flexibility index (Phi) is 3.58. The highest BCUT2D eigenvalue weighted by atomic mass is 19.1. The standard InChI is InChI=1S/C18H10FN3O4/c19-11-7-5-10(6-8-11)14-9-15(21-20-14)18(25)26-22-16(23)12-3-1-2-4-13(12)17(22)24/h1-9H,(H,20,21). The van der Waals surface area contributed by atoms with E-state index in [0.717, 1.165) is 0 Å². The number of carbonyl (C=O) groups excluding carboxylic acids is 3. The van der Waals surface area contributed by atoms with E-state index in [1.807, 2.05) is 0 Å². The zero-order valence-electron chi connectivity index (χ0n) is 13.1. The van der Waals surface area contributed by atoms with Crippen LogP contribution in [-0.2, 0) is 4.84 Å². The summed E-state index contributed by atoms with van der Waals surface area (Å²) in [5, 5.41) is 6.85. The SMILES string of the molecule is O=C(ON1C(=O)c2ccccc2C1=O)c1cc(-c2ccc(F)cc2)n[nH]1. The number of fused-ring (bicyclic) bond motifs is 1. The first kappa shape index (κ1) is 15.7. The van der Waals surface area contributed by atoms with Crippen LogP contribution in [0.25, 0.3) is 11.3 Å². The topological polar surface area (TPSA) is 92.4 Å². The van der Waals surface area contributed by atoms with Crippen molar-refractivity contribution in [2.45, 2.75) is 0 Å². The lowest BCUT2D eigenvalue weighted by Crippen LogP contribution is -2.32. The molecule has 0 aliphatic carbocycles. The summed E-state index contributed by atoms with van der Waals surface area (Å²) in [7, 11) is 0. The quantitative estimate of drug-likeness (QED) is 0.732. The van der Waals surface area contributed by atoms with Gasteiger partial charge in [-0.1, -0.05) is 17.2 Å². The molecule has 0 saturated heterocycles. The third-order valence-corrected chi connectivity index (χ3v) is 3.87. The van der Waals surface area contributed by atoms with E-state index in [9.17, 15) is 18.8 Å². The molecule has 0 atom stereocenters. The first-order valence-electron chi connectivity index (χ1n) is 7.56. The maximum absolute atomic E-state index is 13.0. The number of nitrogens with zero attached hydrogens (tertiary/aromatic N) is 2. The van der Waals surface area contributed by atoms with Crippen LogP contribution in [0.3, 0.4) is 0 Å². The lowest BCUT2D eigenvalue weighted by atomic mass is 10.1. The number of hydroxylamine groups is 2. The third kappa shape index (κ3) is 2.53. The number of imide groups is 1. The number of rotatable bonds is 3. The van der Waals surface area contributed by atoms with Gasteiger partial charge in [0.25, 0.3) is 11.8 Å². The van der Waals surface area contributed by atoms with Crippen LogP contribution < -0.4 is 0 Å². The molecule has 0 saturated carbocycles. The molecular weight excluding hydrogens is 341 g/mol. The van der Waals surface area contributed by atoms with Gasteiger partial charge in [0.2, 0.25) is 0 Å². The fourth-order valence-electron chi connectivity index (χ4n) is 2.58. The summed E-state index contributed by atoms with van der Waals surface area (Å²) in [6.07, 6.45) is 0. The summed E-state index contributed by atoms with van der Waals surface area (Å²) in [6.45, 7) is 0. The van der Waals surface area contributed by atoms with Gasteiger partial charge in [-0.15, -0.1) is 0 Å². The monoisotopic (exact) mass is 351 g/mol. The third-order valence-electron chi connectivity index (χ3n) is 3.87. The zero-order chi connectivity index (χ0) is 18.3. The van der Waals surface area contributed by atoms with E-state index >= 15 is 0 Å². The van der Waals surface area contributed by atoms with Gasteiger partial charge in [0.15, 0.2) is 0 Å². The molecule has 26 heavy (non-hydrogen) atoms. The summed E-state index contributed by atoms with van der Waals surface area (Å²) >= 11 is 0. The largest absolute Gasteiger partial charge is 0.381 e. The summed E-state index contributed by atoms with van der Waals surface area (Å²) in [5.74, 6) is -2.76. The number of aromatic nitrogens is 2. The highest BCUT2D eigenvalue weighted by Crippen LogP contribution is 2.24.